The molecule has 1 aliphatic heterocycles. The molecule has 4 rings (SSSR count). The van der Waals surface area contributed by atoms with Gasteiger partial charge in [0.05, 0.1) is 19.3 Å². The largest absolute Gasteiger partial charge is 0.370 e. The zero-order valence-corrected chi connectivity index (χ0v) is 15.6. The van der Waals surface area contributed by atoms with Gasteiger partial charge < -0.3 is 15.0 Å². The van der Waals surface area contributed by atoms with Gasteiger partial charge in [0.2, 0.25) is 0 Å². The maximum Gasteiger partial charge on any atom is 0.194 e. The number of aryl methyl sites for hydroxylation is 1. The van der Waals surface area contributed by atoms with E-state index in [0.717, 1.165) is 50.2 Å². The van der Waals surface area contributed by atoms with Crippen molar-refractivity contribution in [3.05, 3.63) is 18.0 Å². The van der Waals surface area contributed by atoms with Crippen LogP contribution in [-0.2, 0) is 11.8 Å². The van der Waals surface area contributed by atoms with Crippen LogP contribution in [0.2, 0.25) is 0 Å². The van der Waals surface area contributed by atoms with E-state index in [4.69, 9.17) is 9.73 Å². The molecular weight excluding hydrogens is 314 g/mol. The topological polar surface area (TPSA) is 54.7 Å². The highest BCUT2D eigenvalue weighted by atomic mass is 16.5. The fourth-order valence-electron chi connectivity index (χ4n) is 4.33. The number of rotatable bonds is 5. The van der Waals surface area contributed by atoms with Gasteiger partial charge in [0.15, 0.2) is 5.96 Å². The molecule has 2 saturated carbocycles. The van der Waals surface area contributed by atoms with Crippen molar-refractivity contribution in [2.24, 2.45) is 23.4 Å². The molecule has 1 unspecified atom stereocenters. The van der Waals surface area contributed by atoms with Crippen molar-refractivity contribution in [1.82, 2.24) is 20.0 Å². The normalized spacial score (nSPS) is 26.4. The molecule has 0 radical (unpaired) electrons. The summed E-state index contributed by atoms with van der Waals surface area (Å²) in [5, 5.41) is 7.79. The summed E-state index contributed by atoms with van der Waals surface area (Å²) >= 11 is 0. The Bertz CT molecular complexity index is 617. The third kappa shape index (κ3) is 3.54. The standard InChI is InChI=1S/C19H31N5O/c1-3-20-18(21-14-19(7-4-8-19)16-5-6-16)24-9-10-25-17(13-24)15-11-22-23(2)12-15/h11-12,16-17H,3-10,13-14H2,1-2H3,(H,20,21). The Balaban J connectivity index is 1.45. The molecule has 2 heterocycles. The second kappa shape index (κ2) is 6.98. The Hall–Kier alpha value is -1.56. The third-order valence-electron chi connectivity index (χ3n) is 6.13. The molecule has 25 heavy (non-hydrogen) atoms. The summed E-state index contributed by atoms with van der Waals surface area (Å²) in [5.41, 5.74) is 1.67. The number of nitrogens with zero attached hydrogens (tertiary/aromatic N) is 4. The number of nitrogens with one attached hydrogen (secondary N) is 1. The van der Waals surface area contributed by atoms with Gasteiger partial charge in [-0.25, -0.2) is 0 Å². The summed E-state index contributed by atoms with van der Waals surface area (Å²) in [6.07, 6.45) is 11.0. The van der Waals surface area contributed by atoms with Crippen LogP contribution in [0, 0.1) is 11.3 Å². The van der Waals surface area contributed by atoms with Gasteiger partial charge >= 0.3 is 0 Å². The highest BCUT2D eigenvalue weighted by Crippen LogP contribution is 2.57. The molecule has 2 aliphatic carbocycles. The minimum atomic E-state index is 0.0763. The number of hydrogen-bond acceptors (Lipinski definition) is 3. The third-order valence-corrected chi connectivity index (χ3v) is 6.13. The Morgan fingerprint density at radius 2 is 2.28 bits per heavy atom. The first-order chi connectivity index (χ1) is 12.2. The van der Waals surface area contributed by atoms with Gasteiger partial charge in [-0.15, -0.1) is 0 Å². The van der Waals surface area contributed by atoms with Crippen molar-refractivity contribution in [2.45, 2.75) is 45.1 Å². The van der Waals surface area contributed by atoms with Gasteiger partial charge in [-0.3, -0.25) is 9.67 Å². The summed E-state index contributed by atoms with van der Waals surface area (Å²) in [5.74, 6) is 2.01. The van der Waals surface area contributed by atoms with Crippen LogP contribution in [0.4, 0.5) is 0 Å². The zero-order chi connectivity index (χ0) is 17.3. The lowest BCUT2D eigenvalue weighted by molar-refractivity contribution is -0.00824. The molecule has 3 aliphatic rings. The molecule has 1 saturated heterocycles. The van der Waals surface area contributed by atoms with Crippen LogP contribution in [-0.4, -0.2) is 53.4 Å². The quantitative estimate of drug-likeness (QED) is 0.657. The van der Waals surface area contributed by atoms with Crippen LogP contribution in [0.15, 0.2) is 17.4 Å². The molecule has 3 fully saturated rings. The number of guanidine groups is 1. The summed E-state index contributed by atoms with van der Waals surface area (Å²) in [4.78, 5) is 7.45. The predicted octanol–water partition coefficient (Wildman–Crippen LogP) is 2.34. The fraction of sp³-hybridized carbons (Fsp3) is 0.789. The first kappa shape index (κ1) is 16.9. The smallest absolute Gasteiger partial charge is 0.194 e. The molecule has 0 bridgehead atoms. The van der Waals surface area contributed by atoms with Crippen LogP contribution in [0.1, 0.15) is 50.7 Å². The maximum absolute atomic E-state index is 5.98. The van der Waals surface area contributed by atoms with Crippen molar-refractivity contribution in [1.29, 1.82) is 0 Å². The summed E-state index contributed by atoms with van der Waals surface area (Å²) in [7, 11) is 1.95. The van der Waals surface area contributed by atoms with E-state index in [1.54, 1.807) is 0 Å². The minimum absolute atomic E-state index is 0.0763. The van der Waals surface area contributed by atoms with Crippen molar-refractivity contribution >= 4 is 5.96 Å². The molecule has 1 aromatic rings. The van der Waals surface area contributed by atoms with E-state index in [1.165, 1.54) is 32.1 Å². The minimum Gasteiger partial charge on any atom is -0.370 e. The van der Waals surface area contributed by atoms with Crippen LogP contribution in [0.3, 0.4) is 0 Å². The van der Waals surface area contributed by atoms with E-state index >= 15 is 0 Å². The summed E-state index contributed by atoms with van der Waals surface area (Å²) in [6, 6.07) is 0. The van der Waals surface area contributed by atoms with E-state index in [9.17, 15) is 0 Å². The molecule has 138 valence electrons. The van der Waals surface area contributed by atoms with Gasteiger partial charge in [0, 0.05) is 38.4 Å². The molecular formula is C19H31N5O. The fourth-order valence-corrected chi connectivity index (χ4v) is 4.33. The lowest BCUT2D eigenvalue weighted by Gasteiger charge is -2.42. The second-order valence-electron chi connectivity index (χ2n) is 7.91. The Kier molecular flexibility index (Phi) is 4.71. The van der Waals surface area contributed by atoms with E-state index < -0.39 is 0 Å². The summed E-state index contributed by atoms with van der Waals surface area (Å²) < 4.78 is 7.82. The number of aromatic nitrogens is 2. The summed E-state index contributed by atoms with van der Waals surface area (Å²) in [6.45, 7) is 6.53. The Labute approximate surface area is 150 Å². The van der Waals surface area contributed by atoms with Gasteiger partial charge in [-0.1, -0.05) is 6.42 Å². The van der Waals surface area contributed by atoms with E-state index in [1.807, 2.05) is 17.9 Å². The van der Waals surface area contributed by atoms with Crippen molar-refractivity contribution in [3.63, 3.8) is 0 Å². The lowest BCUT2D eigenvalue weighted by atomic mass is 9.65. The monoisotopic (exact) mass is 345 g/mol. The zero-order valence-electron chi connectivity index (χ0n) is 15.6. The first-order valence-electron chi connectivity index (χ1n) is 9.83. The molecule has 1 N–H and O–H groups in total. The highest BCUT2D eigenvalue weighted by Gasteiger charge is 2.48. The number of morpholine rings is 1. The number of hydrogen-bond donors (Lipinski definition) is 1. The lowest BCUT2D eigenvalue weighted by Crippen LogP contribution is -2.49. The maximum atomic E-state index is 5.98. The molecule has 6 nitrogen and oxygen atoms in total. The average Bonchev–Trinajstić information content (AvgIpc) is 3.34. The van der Waals surface area contributed by atoms with Gasteiger partial charge in [-0.05, 0) is 43.9 Å². The first-order valence-corrected chi connectivity index (χ1v) is 9.83. The molecule has 6 heteroatoms. The molecule has 1 atom stereocenters. The molecule has 0 amide bonds. The van der Waals surface area contributed by atoms with E-state index in [0.29, 0.717) is 5.41 Å². The van der Waals surface area contributed by atoms with Crippen molar-refractivity contribution in [2.75, 3.05) is 32.8 Å². The predicted molar refractivity (Wildman–Crippen MR) is 98.5 cm³/mol. The molecule has 0 aromatic carbocycles. The SMILES string of the molecule is CCNC(=NCC1(C2CC2)CCC1)N1CCOC(c2cnn(C)c2)C1. The van der Waals surface area contributed by atoms with E-state index in [-0.39, 0.29) is 6.10 Å². The Morgan fingerprint density at radius 1 is 1.44 bits per heavy atom. The van der Waals surface area contributed by atoms with Gasteiger partial charge in [0.25, 0.3) is 0 Å². The number of aliphatic imine (C=N–C) groups is 1. The van der Waals surface area contributed by atoms with E-state index in [2.05, 4.69) is 28.4 Å². The van der Waals surface area contributed by atoms with Crippen LogP contribution in [0.25, 0.3) is 0 Å². The number of ether oxygens (including phenoxy) is 1. The van der Waals surface area contributed by atoms with Crippen LogP contribution < -0.4 is 5.32 Å². The van der Waals surface area contributed by atoms with Crippen LogP contribution in [0.5, 0.6) is 0 Å². The molecule has 1 aromatic heterocycles. The highest BCUT2D eigenvalue weighted by molar-refractivity contribution is 5.80. The van der Waals surface area contributed by atoms with Crippen LogP contribution >= 0.6 is 0 Å². The van der Waals surface area contributed by atoms with Gasteiger partial charge in [0.1, 0.15) is 6.10 Å². The second-order valence-corrected chi connectivity index (χ2v) is 7.91. The van der Waals surface area contributed by atoms with Crippen molar-refractivity contribution in [3.8, 4) is 0 Å². The molecule has 0 spiro atoms. The Morgan fingerprint density at radius 3 is 2.88 bits per heavy atom. The average molecular weight is 345 g/mol. The van der Waals surface area contributed by atoms with Crippen molar-refractivity contribution < 1.29 is 4.74 Å². The van der Waals surface area contributed by atoms with Gasteiger partial charge in [-0.2, -0.15) is 5.10 Å².